The average molecular weight is 132 g/mol. The summed E-state index contributed by atoms with van der Waals surface area (Å²) in [7, 11) is 0. The molecule has 0 spiro atoms. The van der Waals surface area contributed by atoms with E-state index in [4.69, 9.17) is 5.11 Å². The predicted molar refractivity (Wildman–Crippen MR) is 26.9 cm³/mol. The first-order valence-electron chi connectivity index (χ1n) is 2.04. The van der Waals surface area contributed by atoms with E-state index in [2.05, 4.69) is 6.07 Å². The first-order chi connectivity index (χ1) is 3.39. The van der Waals surface area contributed by atoms with Crippen LogP contribution in [0.1, 0.15) is 0 Å². The molecule has 0 aromatic heterocycles. The number of hydrogen-bond acceptors (Lipinski definition) is 1. The molecule has 0 saturated carbocycles. The van der Waals surface area contributed by atoms with Crippen LogP contribution < -0.4 is 51.4 Å². The Kier molecular flexibility index (Phi) is 4.90. The molecule has 1 aromatic rings. The summed E-state index contributed by atoms with van der Waals surface area (Å²) in [6, 6.07) is 9.26. The summed E-state index contributed by atoms with van der Waals surface area (Å²) in [5, 5.41) is 8.61. The van der Waals surface area contributed by atoms with E-state index in [1.54, 1.807) is 24.3 Å². The third-order valence-corrected chi connectivity index (χ3v) is 0.701. The van der Waals surface area contributed by atoms with Gasteiger partial charge in [-0.05, 0) is 0 Å². The van der Waals surface area contributed by atoms with Crippen molar-refractivity contribution in [2.45, 2.75) is 0 Å². The van der Waals surface area contributed by atoms with Crippen LogP contribution in [0.5, 0.6) is 5.75 Å². The zero-order valence-corrected chi connectivity index (χ0v) is 7.88. The van der Waals surface area contributed by atoms with Crippen LogP contribution in [0.15, 0.2) is 24.3 Å². The van der Waals surface area contributed by atoms with E-state index >= 15 is 0 Å². The molecule has 0 aliphatic heterocycles. The minimum absolute atomic E-state index is 0. The molecule has 8 heavy (non-hydrogen) atoms. The van der Waals surface area contributed by atoms with Crippen molar-refractivity contribution in [3.63, 3.8) is 0 Å². The van der Waals surface area contributed by atoms with Crippen LogP contribution in [-0.2, 0) is 0 Å². The minimum Gasteiger partial charge on any atom is -0.533 e. The second kappa shape index (κ2) is 4.53. The molecule has 0 bridgehead atoms. The number of aromatic hydroxyl groups is 1. The Hall–Kier alpha value is 0.656. The van der Waals surface area contributed by atoms with Gasteiger partial charge in [0, 0.05) is 5.75 Å². The van der Waals surface area contributed by atoms with Crippen LogP contribution in [0.2, 0.25) is 0 Å². The van der Waals surface area contributed by atoms with Crippen LogP contribution in [-0.4, -0.2) is 5.11 Å². The van der Waals surface area contributed by atoms with E-state index in [-0.39, 0.29) is 51.4 Å². The van der Waals surface area contributed by atoms with Gasteiger partial charge in [-0.3, -0.25) is 0 Å². The molecule has 0 radical (unpaired) electrons. The van der Waals surface area contributed by atoms with Crippen molar-refractivity contribution in [3.05, 3.63) is 30.3 Å². The normalized spacial score (nSPS) is 7.50. The number of rotatable bonds is 0. The third-order valence-electron chi connectivity index (χ3n) is 0.701. The predicted octanol–water partition coefficient (Wildman–Crippen LogP) is -1.80. The summed E-state index contributed by atoms with van der Waals surface area (Å²) in [5.74, 6) is 0.291. The van der Waals surface area contributed by atoms with Gasteiger partial charge in [0.15, 0.2) is 0 Å². The smallest absolute Gasteiger partial charge is 0.533 e. The van der Waals surface area contributed by atoms with Gasteiger partial charge in [-0.2, -0.15) is 18.2 Å². The molecule has 1 aromatic carbocycles. The van der Waals surface area contributed by atoms with Crippen molar-refractivity contribution >= 4 is 0 Å². The van der Waals surface area contributed by atoms with Crippen molar-refractivity contribution in [2.75, 3.05) is 0 Å². The standard InChI is InChI=1S/C6H5O.K/c7-6-4-2-1-3-5-6;/h2-5,7H;/q-1;+1. The molecular weight excluding hydrogens is 127 g/mol. The third kappa shape index (κ3) is 2.84. The van der Waals surface area contributed by atoms with E-state index in [1.807, 2.05) is 0 Å². The average Bonchev–Trinajstić information content (AvgIpc) is 1.69. The fourth-order valence-corrected chi connectivity index (χ4v) is 0.378. The summed E-state index contributed by atoms with van der Waals surface area (Å²) < 4.78 is 0. The maximum Gasteiger partial charge on any atom is 1.00 e. The molecule has 0 saturated heterocycles. The van der Waals surface area contributed by atoms with Gasteiger partial charge < -0.3 is 5.11 Å². The summed E-state index contributed by atoms with van der Waals surface area (Å²) in [5.41, 5.74) is 0. The van der Waals surface area contributed by atoms with Crippen molar-refractivity contribution in [1.82, 2.24) is 0 Å². The maximum atomic E-state index is 8.61. The Morgan fingerprint density at radius 3 is 2.00 bits per heavy atom. The summed E-state index contributed by atoms with van der Waals surface area (Å²) >= 11 is 0. The van der Waals surface area contributed by atoms with Gasteiger partial charge in [0.25, 0.3) is 0 Å². The number of hydrogen-bond donors (Lipinski definition) is 1. The first kappa shape index (κ1) is 8.66. The molecule has 1 nitrogen and oxygen atoms in total. The second-order valence-corrected chi connectivity index (χ2v) is 1.26. The quantitative estimate of drug-likeness (QED) is 0.326. The van der Waals surface area contributed by atoms with Gasteiger partial charge >= 0.3 is 51.4 Å². The summed E-state index contributed by atoms with van der Waals surface area (Å²) in [6.45, 7) is 0. The Balaban J connectivity index is 0.000000490. The second-order valence-electron chi connectivity index (χ2n) is 1.26. The Morgan fingerprint density at radius 1 is 1.25 bits per heavy atom. The van der Waals surface area contributed by atoms with Gasteiger partial charge in [-0.1, -0.05) is 0 Å². The minimum atomic E-state index is 0. The van der Waals surface area contributed by atoms with E-state index in [0.29, 0.717) is 5.75 Å². The molecular formula is C6H5KO. The molecule has 36 valence electrons. The zero-order valence-electron chi connectivity index (χ0n) is 4.76. The Bertz CT molecular complexity index is 138. The van der Waals surface area contributed by atoms with Crippen LogP contribution >= 0.6 is 0 Å². The largest absolute Gasteiger partial charge is 1.00 e. The molecule has 0 aliphatic carbocycles. The number of phenols is 1. The molecule has 0 aliphatic rings. The molecule has 2 heteroatoms. The SMILES string of the molecule is Oc1cc[c-]cc1.[K+]. The number of benzene rings is 1. The summed E-state index contributed by atoms with van der Waals surface area (Å²) in [6.07, 6.45) is 0. The van der Waals surface area contributed by atoms with Crippen molar-refractivity contribution in [3.8, 4) is 5.75 Å². The van der Waals surface area contributed by atoms with Gasteiger partial charge in [0.2, 0.25) is 0 Å². The maximum absolute atomic E-state index is 8.61. The van der Waals surface area contributed by atoms with Crippen molar-refractivity contribution < 1.29 is 56.5 Å². The topological polar surface area (TPSA) is 20.2 Å². The molecule has 1 rings (SSSR count). The van der Waals surface area contributed by atoms with Gasteiger partial charge in [0.1, 0.15) is 0 Å². The fourth-order valence-electron chi connectivity index (χ4n) is 0.378. The molecule has 0 atom stereocenters. The van der Waals surface area contributed by atoms with Crippen LogP contribution in [0, 0.1) is 6.07 Å². The first-order valence-corrected chi connectivity index (χ1v) is 2.04. The van der Waals surface area contributed by atoms with Crippen LogP contribution in [0.25, 0.3) is 0 Å². The molecule has 0 heterocycles. The monoisotopic (exact) mass is 132 g/mol. The Labute approximate surface area is 91.1 Å². The molecule has 1 N–H and O–H groups in total. The van der Waals surface area contributed by atoms with Crippen molar-refractivity contribution in [1.29, 1.82) is 0 Å². The molecule has 0 unspecified atom stereocenters. The van der Waals surface area contributed by atoms with Gasteiger partial charge in [0.05, 0.1) is 0 Å². The molecule has 0 amide bonds. The van der Waals surface area contributed by atoms with Crippen molar-refractivity contribution in [2.24, 2.45) is 0 Å². The fraction of sp³-hybridized carbons (Fsp3) is 0. The van der Waals surface area contributed by atoms with Crippen LogP contribution in [0.3, 0.4) is 0 Å². The van der Waals surface area contributed by atoms with E-state index < -0.39 is 0 Å². The number of phenolic OH excluding ortho intramolecular Hbond substituents is 1. The van der Waals surface area contributed by atoms with Gasteiger partial charge in [-0.15, -0.1) is 12.1 Å². The summed E-state index contributed by atoms with van der Waals surface area (Å²) in [4.78, 5) is 0. The Morgan fingerprint density at radius 2 is 1.75 bits per heavy atom. The van der Waals surface area contributed by atoms with E-state index in [0.717, 1.165) is 0 Å². The van der Waals surface area contributed by atoms with E-state index in [1.165, 1.54) is 0 Å². The van der Waals surface area contributed by atoms with Crippen LogP contribution in [0.4, 0.5) is 0 Å². The molecule has 0 fully saturated rings. The van der Waals surface area contributed by atoms with E-state index in [9.17, 15) is 0 Å². The zero-order chi connectivity index (χ0) is 5.11. The van der Waals surface area contributed by atoms with Gasteiger partial charge in [-0.25, -0.2) is 0 Å².